The molecule has 0 spiro atoms. The van der Waals surface area contributed by atoms with E-state index in [0.29, 0.717) is 24.6 Å². The average Bonchev–Trinajstić information content (AvgIpc) is 3.30. The van der Waals surface area contributed by atoms with Crippen molar-refractivity contribution in [2.75, 3.05) is 11.9 Å². The molecule has 4 atom stereocenters. The van der Waals surface area contributed by atoms with Crippen LogP contribution in [0.2, 0.25) is 10.0 Å². The molecule has 0 unspecified atom stereocenters. The fourth-order valence-corrected chi connectivity index (χ4v) is 8.17. The van der Waals surface area contributed by atoms with E-state index in [0.717, 1.165) is 38.2 Å². The van der Waals surface area contributed by atoms with Crippen LogP contribution in [-0.4, -0.2) is 40.5 Å². The van der Waals surface area contributed by atoms with Crippen molar-refractivity contribution in [1.82, 2.24) is 4.90 Å². The van der Waals surface area contributed by atoms with Gasteiger partial charge in [0.25, 0.3) is 0 Å². The van der Waals surface area contributed by atoms with Gasteiger partial charge in [-0.05, 0) is 78.7 Å². The number of carbonyl (C=O) groups excluding carboxylic acids is 1. The highest BCUT2D eigenvalue weighted by atomic mass is 35.5. The Hall–Kier alpha value is -3.51. The Morgan fingerprint density at radius 1 is 1.04 bits per heavy atom. The Balaban J connectivity index is 1.75. The third-order valence-corrected chi connectivity index (χ3v) is 10.5. The van der Waals surface area contributed by atoms with Gasteiger partial charge in [0.05, 0.1) is 22.7 Å². The van der Waals surface area contributed by atoms with Crippen LogP contribution in [0.1, 0.15) is 93.1 Å². The molecule has 2 fully saturated rings. The first-order chi connectivity index (χ1) is 22.8. The third kappa shape index (κ3) is 7.24. The summed E-state index contributed by atoms with van der Waals surface area (Å²) in [6.07, 6.45) is 6.71. The van der Waals surface area contributed by atoms with Crippen LogP contribution in [0.5, 0.6) is 0 Å². The van der Waals surface area contributed by atoms with Crippen molar-refractivity contribution < 1.29 is 23.5 Å². The minimum atomic E-state index is -1.74. The maximum Gasteiger partial charge on any atom is 0.335 e. The number of nitrogens with zero attached hydrogens (tertiary/aromatic N) is 2. The Bertz CT molecular complexity index is 1700. The second-order valence-corrected chi connectivity index (χ2v) is 15.2. The van der Waals surface area contributed by atoms with Gasteiger partial charge in [-0.2, -0.15) is 5.26 Å². The molecule has 3 aromatic carbocycles. The van der Waals surface area contributed by atoms with Gasteiger partial charge in [-0.25, -0.2) is 13.6 Å². The number of nitriles is 1. The highest BCUT2D eigenvalue weighted by Gasteiger charge is 2.64. The highest BCUT2D eigenvalue weighted by molar-refractivity contribution is 6.31. The van der Waals surface area contributed by atoms with Crippen LogP contribution < -0.4 is 5.32 Å². The van der Waals surface area contributed by atoms with Crippen molar-refractivity contribution in [3.8, 4) is 6.07 Å². The monoisotopic (exact) mass is 695 g/mol. The molecule has 2 aliphatic rings. The number of benzene rings is 3. The Morgan fingerprint density at radius 3 is 2.33 bits per heavy atom. The number of aromatic carboxylic acids is 1. The van der Waals surface area contributed by atoms with Crippen molar-refractivity contribution in [2.45, 2.75) is 89.1 Å². The molecule has 0 radical (unpaired) electrons. The molecule has 1 aliphatic carbocycles. The largest absolute Gasteiger partial charge is 0.478 e. The normalized spacial score (nSPS) is 23.5. The van der Waals surface area contributed by atoms with E-state index in [1.54, 1.807) is 6.07 Å². The number of rotatable bonds is 9. The van der Waals surface area contributed by atoms with E-state index in [1.807, 2.05) is 25.7 Å². The zero-order valence-corrected chi connectivity index (χ0v) is 28.9. The molecule has 254 valence electrons. The van der Waals surface area contributed by atoms with Crippen molar-refractivity contribution in [3.05, 3.63) is 99.0 Å². The summed E-state index contributed by atoms with van der Waals surface area (Å²) in [5.41, 5.74) is -1.66. The summed E-state index contributed by atoms with van der Waals surface area (Å²) in [5, 5.41) is 23.7. The Kier molecular flexibility index (Phi) is 10.8. The number of halogens is 4. The fraction of sp³-hybridized carbons (Fsp3) is 0.447. The van der Waals surface area contributed by atoms with Gasteiger partial charge in [0.2, 0.25) is 5.91 Å². The van der Waals surface area contributed by atoms with E-state index in [9.17, 15) is 20.0 Å². The maximum absolute atomic E-state index is 16.3. The standard InChI is InChI=1S/C38H41Cl2F2N3O3/c1-37(2,3)21-31-38(22-43,28-17-14-25(39)20-30(28)41)32(27-10-7-11-29(40)33(27)42)34(45(31)19-18-23-8-5-4-6-9-23)35(46)44-26-15-12-24(13-16-26)36(47)48/h7,10-17,20,23,31-32,34H,4-6,8-9,18-19,21H2,1-3H3,(H,44,46)(H,47,48)/t31-,32-,34+,38-/m0/s1. The summed E-state index contributed by atoms with van der Waals surface area (Å²) in [6, 6.07) is 15.0. The SMILES string of the molecule is CC(C)(C)C[C@@H]1N(CCC2CCCCC2)[C@@H](C(=O)Nc2ccc(C(=O)O)cc2)[C@H](c2cccc(Cl)c2F)[C@@]1(C#N)c1ccc(Cl)cc1F. The lowest BCUT2D eigenvalue weighted by Gasteiger charge is -2.40. The number of hydrogen-bond donors (Lipinski definition) is 2. The number of carboxylic acid groups (broad SMARTS) is 1. The molecule has 1 saturated carbocycles. The number of likely N-dealkylation sites (tertiary alicyclic amines) is 1. The highest BCUT2D eigenvalue weighted by Crippen LogP contribution is 2.57. The zero-order valence-electron chi connectivity index (χ0n) is 27.4. The van der Waals surface area contributed by atoms with Crippen LogP contribution in [-0.2, 0) is 10.2 Å². The molecule has 1 heterocycles. The molecule has 1 aliphatic heterocycles. The maximum atomic E-state index is 16.3. The molecule has 3 aromatic rings. The minimum Gasteiger partial charge on any atom is -0.478 e. The van der Waals surface area contributed by atoms with E-state index in [2.05, 4.69) is 11.4 Å². The van der Waals surface area contributed by atoms with Crippen LogP contribution in [0.4, 0.5) is 14.5 Å². The van der Waals surface area contributed by atoms with Crippen molar-refractivity contribution in [2.24, 2.45) is 11.3 Å². The van der Waals surface area contributed by atoms with Gasteiger partial charge in [0.15, 0.2) is 0 Å². The van der Waals surface area contributed by atoms with Crippen molar-refractivity contribution >= 4 is 40.8 Å². The lowest BCUT2D eigenvalue weighted by Crippen LogP contribution is -2.48. The fourth-order valence-electron chi connectivity index (χ4n) is 7.83. The molecular formula is C38H41Cl2F2N3O3. The van der Waals surface area contributed by atoms with Gasteiger partial charge in [-0.1, -0.05) is 94.3 Å². The van der Waals surface area contributed by atoms with Gasteiger partial charge < -0.3 is 10.4 Å². The van der Waals surface area contributed by atoms with Gasteiger partial charge >= 0.3 is 5.97 Å². The number of anilines is 1. The van der Waals surface area contributed by atoms with Crippen LogP contribution in [0.25, 0.3) is 0 Å². The van der Waals surface area contributed by atoms with E-state index in [-0.39, 0.29) is 32.2 Å². The van der Waals surface area contributed by atoms with E-state index >= 15 is 8.78 Å². The second-order valence-electron chi connectivity index (χ2n) is 14.4. The van der Waals surface area contributed by atoms with E-state index < -0.39 is 46.9 Å². The first-order valence-electron chi connectivity index (χ1n) is 16.5. The average molecular weight is 697 g/mol. The van der Waals surface area contributed by atoms with Crippen LogP contribution in [0.3, 0.4) is 0 Å². The second kappa shape index (κ2) is 14.5. The molecule has 48 heavy (non-hydrogen) atoms. The zero-order chi connectivity index (χ0) is 34.8. The van der Waals surface area contributed by atoms with E-state index in [4.69, 9.17) is 23.2 Å². The molecular weight excluding hydrogens is 655 g/mol. The molecule has 1 amide bonds. The number of carbonyl (C=O) groups is 2. The summed E-state index contributed by atoms with van der Waals surface area (Å²) in [5.74, 6) is -3.88. The summed E-state index contributed by atoms with van der Waals surface area (Å²) >= 11 is 12.6. The quantitative estimate of drug-likeness (QED) is 0.233. The molecule has 2 N–H and O–H groups in total. The molecule has 6 nitrogen and oxygen atoms in total. The van der Waals surface area contributed by atoms with E-state index in [1.165, 1.54) is 55.0 Å². The summed E-state index contributed by atoms with van der Waals surface area (Å²) in [6.45, 7) is 6.51. The van der Waals surface area contributed by atoms with Gasteiger partial charge in [0, 0.05) is 28.2 Å². The first-order valence-corrected chi connectivity index (χ1v) is 17.2. The summed E-state index contributed by atoms with van der Waals surface area (Å²) in [4.78, 5) is 28.2. The Labute approximate surface area is 291 Å². The summed E-state index contributed by atoms with van der Waals surface area (Å²) in [7, 11) is 0. The van der Waals surface area contributed by atoms with Crippen LogP contribution in [0.15, 0.2) is 60.7 Å². The minimum absolute atomic E-state index is 0.0387. The number of carboxylic acids is 1. The van der Waals surface area contributed by atoms with Crippen LogP contribution >= 0.6 is 23.2 Å². The van der Waals surface area contributed by atoms with Gasteiger partial charge in [0.1, 0.15) is 17.0 Å². The van der Waals surface area contributed by atoms with Gasteiger partial charge in [-0.15, -0.1) is 0 Å². The number of amides is 1. The lowest BCUT2D eigenvalue weighted by atomic mass is 9.62. The molecule has 10 heteroatoms. The van der Waals surface area contributed by atoms with Crippen molar-refractivity contribution in [3.63, 3.8) is 0 Å². The molecule has 5 rings (SSSR count). The predicted octanol–water partition coefficient (Wildman–Crippen LogP) is 9.61. The summed E-state index contributed by atoms with van der Waals surface area (Å²) < 4.78 is 32.6. The topological polar surface area (TPSA) is 93.4 Å². The third-order valence-electron chi connectivity index (χ3n) is 9.96. The molecule has 1 saturated heterocycles. The van der Waals surface area contributed by atoms with Crippen LogP contribution in [0, 0.1) is 34.3 Å². The number of hydrogen-bond acceptors (Lipinski definition) is 4. The van der Waals surface area contributed by atoms with Crippen molar-refractivity contribution in [1.29, 1.82) is 5.26 Å². The first kappa shape index (κ1) is 35.8. The van der Waals surface area contributed by atoms with Gasteiger partial charge in [-0.3, -0.25) is 9.69 Å². The predicted molar refractivity (Wildman–Crippen MR) is 184 cm³/mol. The Morgan fingerprint density at radius 2 is 1.73 bits per heavy atom. The smallest absolute Gasteiger partial charge is 0.335 e. The molecule has 0 bridgehead atoms. The lowest BCUT2D eigenvalue weighted by molar-refractivity contribution is -0.121. The number of nitrogens with one attached hydrogen (secondary N) is 1. The molecule has 0 aromatic heterocycles.